The van der Waals surface area contributed by atoms with E-state index in [1.54, 1.807) is 11.8 Å². The first-order valence-electron chi connectivity index (χ1n) is 4.81. The zero-order chi connectivity index (χ0) is 9.97. The van der Waals surface area contributed by atoms with Crippen LogP contribution >= 0.6 is 11.8 Å². The lowest BCUT2D eigenvalue weighted by molar-refractivity contribution is -0.133. The second kappa shape index (κ2) is 4.13. The molecule has 0 aromatic carbocycles. The number of allylic oxidation sites excluding steroid dienone is 2. The van der Waals surface area contributed by atoms with Gasteiger partial charge in [-0.25, -0.2) is 0 Å². The fourth-order valence-corrected chi connectivity index (χ4v) is 2.65. The predicted octanol–water partition coefficient (Wildman–Crippen LogP) is 2.11. The molecule has 3 heteroatoms. The molecule has 14 heavy (non-hydrogen) atoms. The molecule has 0 unspecified atom stereocenters. The van der Waals surface area contributed by atoms with E-state index in [0.29, 0.717) is 12.8 Å². The van der Waals surface area contributed by atoms with E-state index in [-0.39, 0.29) is 11.6 Å². The van der Waals surface area contributed by atoms with Crippen LogP contribution in [-0.2, 0) is 9.59 Å². The third-order valence-electron chi connectivity index (χ3n) is 2.60. The van der Waals surface area contributed by atoms with Gasteiger partial charge in [-0.1, -0.05) is 12.2 Å². The molecule has 74 valence electrons. The Labute approximate surface area is 87.4 Å². The molecule has 2 aliphatic rings. The summed E-state index contributed by atoms with van der Waals surface area (Å²) in [5.41, 5.74) is 0.993. The van der Waals surface area contributed by atoms with Crippen molar-refractivity contribution in [1.82, 2.24) is 0 Å². The Balaban J connectivity index is 2.21. The van der Waals surface area contributed by atoms with Crippen molar-refractivity contribution in [3.05, 3.63) is 23.1 Å². The van der Waals surface area contributed by atoms with Gasteiger partial charge in [0.2, 0.25) is 0 Å². The van der Waals surface area contributed by atoms with Crippen molar-refractivity contribution >= 4 is 23.3 Å². The standard InChI is InChI=1S/C11H12O2S/c12-9-4-1-5-10(13)11(9)8-3-2-6-14-7-8/h2-3,6,11H,1,4-5,7H2. The lowest BCUT2D eigenvalue weighted by Crippen LogP contribution is -2.31. The van der Waals surface area contributed by atoms with Crippen LogP contribution in [0.1, 0.15) is 19.3 Å². The lowest BCUT2D eigenvalue weighted by atomic mass is 9.82. The van der Waals surface area contributed by atoms with Crippen molar-refractivity contribution in [3.63, 3.8) is 0 Å². The van der Waals surface area contributed by atoms with E-state index in [1.165, 1.54) is 0 Å². The molecule has 0 atom stereocenters. The molecule has 1 heterocycles. The van der Waals surface area contributed by atoms with E-state index in [2.05, 4.69) is 0 Å². The van der Waals surface area contributed by atoms with Crippen molar-refractivity contribution in [1.29, 1.82) is 0 Å². The fraction of sp³-hybridized carbons (Fsp3) is 0.455. The van der Waals surface area contributed by atoms with Crippen LogP contribution in [0.15, 0.2) is 23.1 Å². The van der Waals surface area contributed by atoms with E-state index in [1.807, 2.05) is 17.6 Å². The molecule has 0 aromatic heterocycles. The molecule has 0 spiro atoms. The summed E-state index contributed by atoms with van der Waals surface area (Å²) in [5.74, 6) is 0.603. The number of hydrogen-bond donors (Lipinski definition) is 0. The Hall–Kier alpha value is -0.830. The van der Waals surface area contributed by atoms with Gasteiger partial charge in [-0.2, -0.15) is 0 Å². The maximum Gasteiger partial charge on any atom is 0.147 e. The summed E-state index contributed by atoms with van der Waals surface area (Å²) in [5, 5.41) is 1.99. The number of hydrogen-bond acceptors (Lipinski definition) is 3. The van der Waals surface area contributed by atoms with Gasteiger partial charge >= 0.3 is 0 Å². The van der Waals surface area contributed by atoms with Gasteiger partial charge in [-0.3, -0.25) is 9.59 Å². The Morgan fingerprint density at radius 2 is 1.93 bits per heavy atom. The van der Waals surface area contributed by atoms with Crippen molar-refractivity contribution in [3.8, 4) is 0 Å². The monoisotopic (exact) mass is 208 g/mol. The summed E-state index contributed by atoms with van der Waals surface area (Å²) in [7, 11) is 0. The first-order valence-corrected chi connectivity index (χ1v) is 5.86. The van der Waals surface area contributed by atoms with Crippen molar-refractivity contribution < 1.29 is 9.59 Å². The first-order chi connectivity index (χ1) is 6.79. The molecule has 1 aliphatic carbocycles. The minimum absolute atomic E-state index is 0.114. The number of Topliss-reactive ketones (excluding diaryl/α,β-unsaturated/α-hetero) is 2. The average molecular weight is 208 g/mol. The van der Waals surface area contributed by atoms with E-state index in [0.717, 1.165) is 17.7 Å². The van der Waals surface area contributed by atoms with Crippen LogP contribution in [0.25, 0.3) is 0 Å². The van der Waals surface area contributed by atoms with Gasteiger partial charge in [0, 0.05) is 18.6 Å². The van der Waals surface area contributed by atoms with E-state index < -0.39 is 5.92 Å². The largest absolute Gasteiger partial charge is 0.299 e. The van der Waals surface area contributed by atoms with Crippen molar-refractivity contribution in [2.24, 2.45) is 5.92 Å². The Bertz CT molecular complexity index is 312. The molecule has 0 bridgehead atoms. The highest BCUT2D eigenvalue weighted by Gasteiger charge is 2.32. The van der Waals surface area contributed by atoms with Gasteiger partial charge in [0.25, 0.3) is 0 Å². The van der Waals surface area contributed by atoms with Crippen LogP contribution in [0.2, 0.25) is 0 Å². The lowest BCUT2D eigenvalue weighted by Gasteiger charge is -2.22. The molecule has 1 fully saturated rings. The number of rotatable bonds is 1. The molecule has 1 saturated carbocycles. The van der Waals surface area contributed by atoms with E-state index in [9.17, 15) is 9.59 Å². The Morgan fingerprint density at radius 3 is 2.50 bits per heavy atom. The highest BCUT2D eigenvalue weighted by Crippen LogP contribution is 2.28. The van der Waals surface area contributed by atoms with Crippen LogP contribution < -0.4 is 0 Å². The third kappa shape index (κ3) is 1.82. The van der Waals surface area contributed by atoms with E-state index in [4.69, 9.17) is 0 Å². The summed E-state index contributed by atoms with van der Waals surface area (Å²) < 4.78 is 0. The van der Waals surface area contributed by atoms with Gasteiger partial charge in [0.1, 0.15) is 11.6 Å². The summed E-state index contributed by atoms with van der Waals surface area (Å²) in [6, 6.07) is 0. The first kappa shape index (κ1) is 9.71. The zero-order valence-corrected chi connectivity index (χ0v) is 8.68. The van der Waals surface area contributed by atoms with Gasteiger partial charge in [-0.15, -0.1) is 11.8 Å². The number of ketones is 2. The van der Waals surface area contributed by atoms with Crippen LogP contribution in [-0.4, -0.2) is 17.3 Å². The van der Waals surface area contributed by atoms with Crippen molar-refractivity contribution in [2.45, 2.75) is 19.3 Å². The smallest absolute Gasteiger partial charge is 0.147 e. The van der Waals surface area contributed by atoms with Gasteiger partial charge in [0.15, 0.2) is 0 Å². The second-order valence-electron chi connectivity index (χ2n) is 3.60. The second-order valence-corrected chi connectivity index (χ2v) is 4.49. The molecule has 0 radical (unpaired) electrons. The third-order valence-corrected chi connectivity index (χ3v) is 3.45. The summed E-state index contributed by atoms with van der Waals surface area (Å²) in [6.45, 7) is 0. The van der Waals surface area contributed by atoms with Crippen LogP contribution in [0.4, 0.5) is 0 Å². The maximum atomic E-state index is 11.6. The number of carbonyl (C=O) groups is 2. The predicted molar refractivity (Wildman–Crippen MR) is 57.0 cm³/mol. The van der Waals surface area contributed by atoms with Gasteiger partial charge in [0.05, 0.1) is 5.92 Å². The molecular formula is C11H12O2S. The zero-order valence-electron chi connectivity index (χ0n) is 7.86. The highest BCUT2D eigenvalue weighted by atomic mass is 32.2. The van der Waals surface area contributed by atoms with Crippen LogP contribution in [0.5, 0.6) is 0 Å². The molecular weight excluding hydrogens is 196 g/mol. The molecule has 0 aromatic rings. The Kier molecular flexibility index (Phi) is 2.87. The van der Waals surface area contributed by atoms with Gasteiger partial charge in [-0.05, 0) is 17.4 Å². The van der Waals surface area contributed by atoms with Gasteiger partial charge < -0.3 is 0 Å². The quantitative estimate of drug-likeness (QED) is 0.619. The van der Waals surface area contributed by atoms with Crippen LogP contribution in [0.3, 0.4) is 0 Å². The molecule has 2 rings (SSSR count). The molecule has 2 nitrogen and oxygen atoms in total. The average Bonchev–Trinajstić information content (AvgIpc) is 2.19. The van der Waals surface area contributed by atoms with Crippen LogP contribution in [0, 0.1) is 5.92 Å². The Morgan fingerprint density at radius 1 is 1.21 bits per heavy atom. The number of carbonyl (C=O) groups excluding carboxylic acids is 2. The molecule has 0 saturated heterocycles. The molecule has 0 N–H and O–H groups in total. The summed E-state index contributed by atoms with van der Waals surface area (Å²) >= 11 is 1.65. The normalized spacial score (nSPS) is 23.9. The minimum atomic E-state index is -0.416. The molecule has 1 aliphatic heterocycles. The minimum Gasteiger partial charge on any atom is -0.299 e. The summed E-state index contributed by atoms with van der Waals surface area (Å²) in [4.78, 5) is 23.2. The SMILES string of the molecule is O=C1CCCC(=O)C1C1=CC=CSC1. The number of thioether (sulfide) groups is 1. The molecule has 0 amide bonds. The van der Waals surface area contributed by atoms with E-state index >= 15 is 0 Å². The topological polar surface area (TPSA) is 34.1 Å². The maximum absolute atomic E-state index is 11.6. The van der Waals surface area contributed by atoms with Crippen molar-refractivity contribution in [2.75, 3.05) is 5.75 Å². The summed E-state index contributed by atoms with van der Waals surface area (Å²) in [6.07, 6.45) is 5.72. The highest BCUT2D eigenvalue weighted by molar-refractivity contribution is 8.02. The fourth-order valence-electron chi connectivity index (χ4n) is 1.91.